The number of sulfonamides is 2. The van der Waals surface area contributed by atoms with Gasteiger partial charge in [0.1, 0.15) is 4.21 Å². The zero-order chi connectivity index (χ0) is 17.0. The molecule has 0 aliphatic heterocycles. The fraction of sp³-hybridized carbons (Fsp3) is 0.667. The van der Waals surface area contributed by atoms with E-state index in [1.165, 1.54) is 15.6 Å². The Labute approximate surface area is 137 Å². The molecule has 22 heavy (non-hydrogen) atoms. The van der Waals surface area contributed by atoms with Gasteiger partial charge < -0.3 is 4.90 Å². The molecule has 0 amide bonds. The molecule has 0 aromatic carbocycles. The van der Waals surface area contributed by atoms with Gasteiger partial charge in [-0.05, 0) is 33.2 Å². The molecule has 0 aliphatic carbocycles. The van der Waals surface area contributed by atoms with Crippen LogP contribution in [-0.4, -0.2) is 72.6 Å². The monoisotopic (exact) mass is 369 g/mol. The van der Waals surface area contributed by atoms with E-state index in [1.54, 1.807) is 12.1 Å². The standard InChI is InChI=1S/C12H23N3O4S3/c1-11-5-6-12(20-11)22(18,19)13-7-8-15(21(4,16)17)10-9-14(2)3/h5-6,13H,7-10H2,1-4H3. The molecular weight excluding hydrogens is 346 g/mol. The first-order chi connectivity index (χ1) is 10.0. The summed E-state index contributed by atoms with van der Waals surface area (Å²) in [6.07, 6.45) is 1.12. The maximum Gasteiger partial charge on any atom is 0.250 e. The molecule has 0 saturated carbocycles. The zero-order valence-corrected chi connectivity index (χ0v) is 15.7. The van der Waals surface area contributed by atoms with Gasteiger partial charge in [-0.3, -0.25) is 0 Å². The molecule has 0 aliphatic rings. The summed E-state index contributed by atoms with van der Waals surface area (Å²) < 4.78 is 51.5. The molecule has 0 fully saturated rings. The average molecular weight is 370 g/mol. The van der Waals surface area contributed by atoms with Crippen LogP contribution >= 0.6 is 11.3 Å². The number of likely N-dealkylation sites (N-methyl/N-ethyl adjacent to an activating group) is 1. The Bertz CT molecular complexity index is 680. The summed E-state index contributed by atoms with van der Waals surface area (Å²) >= 11 is 1.18. The molecule has 1 N–H and O–H groups in total. The number of hydrogen-bond acceptors (Lipinski definition) is 6. The van der Waals surface area contributed by atoms with E-state index < -0.39 is 20.0 Å². The summed E-state index contributed by atoms with van der Waals surface area (Å²) in [6, 6.07) is 3.28. The molecule has 1 aromatic heterocycles. The highest BCUT2D eigenvalue weighted by Crippen LogP contribution is 2.20. The summed E-state index contributed by atoms with van der Waals surface area (Å²) in [6.45, 7) is 2.88. The van der Waals surface area contributed by atoms with Gasteiger partial charge in [0.25, 0.3) is 0 Å². The van der Waals surface area contributed by atoms with Crippen LogP contribution < -0.4 is 4.72 Å². The van der Waals surface area contributed by atoms with Crippen LogP contribution in [0.1, 0.15) is 4.88 Å². The molecule has 0 spiro atoms. The Morgan fingerprint density at radius 2 is 1.73 bits per heavy atom. The predicted molar refractivity (Wildman–Crippen MR) is 89.2 cm³/mol. The summed E-state index contributed by atoms with van der Waals surface area (Å²) in [5.74, 6) is 0. The van der Waals surface area contributed by atoms with Gasteiger partial charge in [0.05, 0.1) is 6.26 Å². The molecule has 7 nitrogen and oxygen atoms in total. The lowest BCUT2D eigenvalue weighted by atomic mass is 10.5. The second kappa shape index (κ2) is 7.84. The maximum absolute atomic E-state index is 12.1. The second-order valence-corrected chi connectivity index (χ2v) is 10.5. The third-order valence-corrected chi connectivity index (χ3v) is 7.16. The van der Waals surface area contributed by atoms with Gasteiger partial charge in [-0.25, -0.2) is 21.6 Å². The Morgan fingerprint density at radius 3 is 2.18 bits per heavy atom. The smallest absolute Gasteiger partial charge is 0.250 e. The van der Waals surface area contributed by atoms with E-state index in [9.17, 15) is 16.8 Å². The number of hydrogen-bond donors (Lipinski definition) is 1. The van der Waals surface area contributed by atoms with E-state index in [4.69, 9.17) is 0 Å². The van der Waals surface area contributed by atoms with Crippen LogP contribution in [0.3, 0.4) is 0 Å². The van der Waals surface area contributed by atoms with Crippen LogP contribution in [0.4, 0.5) is 0 Å². The van der Waals surface area contributed by atoms with Crippen molar-refractivity contribution < 1.29 is 16.8 Å². The lowest BCUT2D eigenvalue weighted by Crippen LogP contribution is -2.41. The third-order valence-electron chi connectivity index (χ3n) is 2.90. The van der Waals surface area contributed by atoms with E-state index in [0.717, 1.165) is 11.1 Å². The van der Waals surface area contributed by atoms with Crippen molar-refractivity contribution in [3.63, 3.8) is 0 Å². The highest BCUT2D eigenvalue weighted by Gasteiger charge is 2.19. The Balaban J connectivity index is 2.62. The predicted octanol–water partition coefficient (Wildman–Crippen LogP) is 0.158. The molecular formula is C12H23N3O4S3. The first-order valence-electron chi connectivity index (χ1n) is 6.68. The van der Waals surface area contributed by atoms with Crippen LogP contribution in [-0.2, 0) is 20.0 Å². The molecule has 128 valence electrons. The zero-order valence-electron chi connectivity index (χ0n) is 13.2. The van der Waals surface area contributed by atoms with Crippen LogP contribution in [0, 0.1) is 6.92 Å². The Morgan fingerprint density at radius 1 is 1.09 bits per heavy atom. The van der Waals surface area contributed by atoms with Gasteiger partial charge >= 0.3 is 0 Å². The molecule has 0 bridgehead atoms. The number of thiophene rings is 1. The van der Waals surface area contributed by atoms with Crippen LogP contribution in [0.25, 0.3) is 0 Å². The number of nitrogens with zero attached hydrogens (tertiary/aromatic N) is 2. The largest absolute Gasteiger partial charge is 0.308 e. The first kappa shape index (κ1) is 19.5. The minimum atomic E-state index is -3.58. The van der Waals surface area contributed by atoms with Crippen LogP contribution in [0.15, 0.2) is 16.3 Å². The van der Waals surface area contributed by atoms with E-state index in [2.05, 4.69) is 4.72 Å². The normalized spacial score (nSPS) is 13.2. The minimum absolute atomic E-state index is 0.0414. The summed E-state index contributed by atoms with van der Waals surface area (Å²) in [4.78, 5) is 2.78. The molecule has 1 rings (SSSR count). The van der Waals surface area contributed by atoms with Crippen molar-refractivity contribution >= 4 is 31.4 Å². The van der Waals surface area contributed by atoms with E-state index in [1.807, 2.05) is 25.9 Å². The molecule has 0 unspecified atom stereocenters. The summed E-state index contributed by atoms with van der Waals surface area (Å²) in [5.41, 5.74) is 0. The number of nitrogens with one attached hydrogen (secondary N) is 1. The highest BCUT2D eigenvalue weighted by atomic mass is 32.2. The first-order valence-corrected chi connectivity index (χ1v) is 10.8. The SMILES string of the molecule is Cc1ccc(S(=O)(=O)NCCN(CCN(C)C)S(C)(=O)=O)s1. The van der Waals surface area contributed by atoms with Crippen molar-refractivity contribution in [1.82, 2.24) is 13.9 Å². The fourth-order valence-electron chi connectivity index (χ4n) is 1.69. The van der Waals surface area contributed by atoms with Crippen molar-refractivity contribution in [3.8, 4) is 0 Å². The maximum atomic E-state index is 12.1. The molecule has 1 aromatic rings. The second-order valence-electron chi connectivity index (χ2n) is 5.23. The fourth-order valence-corrected chi connectivity index (χ4v) is 4.87. The van der Waals surface area contributed by atoms with Gasteiger partial charge in [-0.1, -0.05) is 0 Å². The number of aryl methyl sites for hydroxylation is 1. The Kier molecular flexibility index (Phi) is 6.96. The van der Waals surface area contributed by atoms with Crippen molar-refractivity contribution in [2.75, 3.05) is 46.5 Å². The number of rotatable bonds is 9. The summed E-state index contributed by atoms with van der Waals surface area (Å²) in [7, 11) is -3.24. The van der Waals surface area contributed by atoms with Crippen molar-refractivity contribution in [3.05, 3.63) is 17.0 Å². The van der Waals surface area contributed by atoms with Crippen molar-refractivity contribution in [1.29, 1.82) is 0 Å². The molecule has 0 saturated heterocycles. The third kappa shape index (κ3) is 6.31. The molecule has 10 heteroatoms. The van der Waals surface area contributed by atoms with Gasteiger partial charge in [-0.2, -0.15) is 4.31 Å². The summed E-state index contributed by atoms with van der Waals surface area (Å²) in [5, 5.41) is 0. The van der Waals surface area contributed by atoms with E-state index in [0.29, 0.717) is 13.1 Å². The molecule has 0 atom stereocenters. The van der Waals surface area contributed by atoms with Gasteiger partial charge in [0.15, 0.2) is 0 Å². The molecule has 1 heterocycles. The molecule has 0 radical (unpaired) electrons. The van der Waals surface area contributed by atoms with Crippen LogP contribution in [0.5, 0.6) is 0 Å². The van der Waals surface area contributed by atoms with E-state index >= 15 is 0 Å². The lowest BCUT2D eigenvalue weighted by molar-refractivity contribution is 0.336. The van der Waals surface area contributed by atoms with Gasteiger partial charge in [0, 0.05) is 31.1 Å². The van der Waals surface area contributed by atoms with Crippen molar-refractivity contribution in [2.24, 2.45) is 0 Å². The highest BCUT2D eigenvalue weighted by molar-refractivity contribution is 7.91. The topological polar surface area (TPSA) is 86.8 Å². The van der Waals surface area contributed by atoms with Gasteiger partial charge in [0.2, 0.25) is 20.0 Å². The van der Waals surface area contributed by atoms with E-state index in [-0.39, 0.29) is 17.3 Å². The Hall–Kier alpha value is -0.520. The minimum Gasteiger partial charge on any atom is -0.308 e. The lowest BCUT2D eigenvalue weighted by Gasteiger charge is -2.21. The average Bonchev–Trinajstić information content (AvgIpc) is 2.79. The van der Waals surface area contributed by atoms with Crippen LogP contribution in [0.2, 0.25) is 0 Å². The quantitative estimate of drug-likeness (QED) is 0.670. The van der Waals surface area contributed by atoms with Gasteiger partial charge in [-0.15, -0.1) is 11.3 Å². The van der Waals surface area contributed by atoms with Crippen molar-refractivity contribution in [2.45, 2.75) is 11.1 Å².